The topological polar surface area (TPSA) is 32.3 Å². The van der Waals surface area contributed by atoms with Crippen LogP contribution in [-0.4, -0.2) is 43.2 Å². The molecule has 0 spiro atoms. The second-order valence-electron chi connectivity index (χ2n) is 5.01. The SMILES string of the molecule is CN[C@@H]1CCCN(C(=O)c2ccc(CSC)cc2)C1. The molecule has 2 rings (SSSR count). The summed E-state index contributed by atoms with van der Waals surface area (Å²) in [5, 5.41) is 3.27. The monoisotopic (exact) mass is 278 g/mol. The molecule has 0 unspecified atom stereocenters. The highest BCUT2D eigenvalue weighted by atomic mass is 32.2. The molecule has 104 valence electrons. The van der Waals surface area contributed by atoms with Crippen LogP contribution in [0.3, 0.4) is 0 Å². The lowest BCUT2D eigenvalue weighted by molar-refractivity contribution is 0.0698. The average molecular weight is 278 g/mol. The van der Waals surface area contributed by atoms with Gasteiger partial charge in [0.25, 0.3) is 5.91 Å². The van der Waals surface area contributed by atoms with Gasteiger partial charge in [0, 0.05) is 30.4 Å². The van der Waals surface area contributed by atoms with E-state index in [2.05, 4.69) is 23.7 Å². The van der Waals surface area contributed by atoms with Crippen molar-refractivity contribution < 1.29 is 4.79 Å². The summed E-state index contributed by atoms with van der Waals surface area (Å²) in [7, 11) is 1.97. The molecule has 1 amide bonds. The second-order valence-corrected chi connectivity index (χ2v) is 5.87. The molecule has 1 aromatic carbocycles. The van der Waals surface area contributed by atoms with Gasteiger partial charge in [-0.3, -0.25) is 4.79 Å². The van der Waals surface area contributed by atoms with Crippen LogP contribution in [0.5, 0.6) is 0 Å². The Balaban J connectivity index is 2.02. The van der Waals surface area contributed by atoms with Crippen molar-refractivity contribution in [2.45, 2.75) is 24.6 Å². The first kappa shape index (κ1) is 14.4. The standard InChI is InChI=1S/C15H22N2OS/c1-16-14-4-3-9-17(10-14)15(18)13-7-5-12(6-8-13)11-19-2/h5-8,14,16H,3-4,9-11H2,1-2H3/t14-/m1/s1. The van der Waals surface area contributed by atoms with Crippen molar-refractivity contribution in [3.05, 3.63) is 35.4 Å². The van der Waals surface area contributed by atoms with E-state index in [4.69, 9.17) is 0 Å². The summed E-state index contributed by atoms with van der Waals surface area (Å²) in [5.41, 5.74) is 2.08. The van der Waals surface area contributed by atoms with E-state index in [9.17, 15) is 4.79 Å². The first-order chi connectivity index (χ1) is 9.24. The van der Waals surface area contributed by atoms with Gasteiger partial charge in [0.15, 0.2) is 0 Å². The maximum Gasteiger partial charge on any atom is 0.253 e. The Morgan fingerprint density at radius 1 is 1.42 bits per heavy atom. The van der Waals surface area contributed by atoms with Crippen molar-refractivity contribution in [2.24, 2.45) is 0 Å². The van der Waals surface area contributed by atoms with Crippen LogP contribution < -0.4 is 5.32 Å². The van der Waals surface area contributed by atoms with Gasteiger partial charge in [-0.1, -0.05) is 12.1 Å². The van der Waals surface area contributed by atoms with Crippen LogP contribution in [0, 0.1) is 0 Å². The lowest BCUT2D eigenvalue weighted by Gasteiger charge is -2.32. The van der Waals surface area contributed by atoms with Crippen LogP contribution in [0.1, 0.15) is 28.8 Å². The van der Waals surface area contributed by atoms with Gasteiger partial charge < -0.3 is 10.2 Å². The smallest absolute Gasteiger partial charge is 0.253 e. The van der Waals surface area contributed by atoms with Crippen LogP contribution in [0.4, 0.5) is 0 Å². The number of piperidine rings is 1. The van der Waals surface area contributed by atoms with Crippen LogP contribution >= 0.6 is 11.8 Å². The number of likely N-dealkylation sites (tertiary alicyclic amines) is 1. The van der Waals surface area contributed by atoms with E-state index in [1.165, 1.54) is 5.56 Å². The number of carbonyl (C=O) groups excluding carboxylic acids is 1. The molecule has 0 bridgehead atoms. The van der Waals surface area contributed by atoms with E-state index in [0.717, 1.165) is 37.2 Å². The molecule has 1 N–H and O–H groups in total. The van der Waals surface area contributed by atoms with Crippen molar-refractivity contribution >= 4 is 17.7 Å². The normalized spacial score (nSPS) is 19.5. The number of nitrogens with zero attached hydrogens (tertiary/aromatic N) is 1. The zero-order valence-corrected chi connectivity index (χ0v) is 12.5. The Morgan fingerprint density at radius 2 is 2.16 bits per heavy atom. The van der Waals surface area contributed by atoms with Crippen LogP contribution in [0.25, 0.3) is 0 Å². The number of thioether (sulfide) groups is 1. The van der Waals surface area contributed by atoms with Crippen LogP contribution in [0.2, 0.25) is 0 Å². The number of hydrogen-bond donors (Lipinski definition) is 1. The van der Waals surface area contributed by atoms with Gasteiger partial charge in [0.05, 0.1) is 0 Å². The summed E-state index contributed by atoms with van der Waals surface area (Å²) in [5.74, 6) is 1.16. The van der Waals surface area contributed by atoms with E-state index in [-0.39, 0.29) is 5.91 Å². The molecule has 0 saturated carbocycles. The molecule has 1 fully saturated rings. The second kappa shape index (κ2) is 6.96. The first-order valence-corrected chi connectivity index (χ1v) is 8.18. The van der Waals surface area contributed by atoms with E-state index < -0.39 is 0 Å². The highest BCUT2D eigenvalue weighted by Crippen LogP contribution is 2.15. The Hall–Kier alpha value is -1.00. The number of rotatable bonds is 4. The number of benzene rings is 1. The zero-order chi connectivity index (χ0) is 13.7. The molecule has 19 heavy (non-hydrogen) atoms. The van der Waals surface area contributed by atoms with E-state index in [0.29, 0.717) is 6.04 Å². The molecule has 0 radical (unpaired) electrons. The third-order valence-electron chi connectivity index (χ3n) is 3.63. The molecule has 4 heteroatoms. The van der Waals surface area contributed by atoms with Crippen molar-refractivity contribution in [1.29, 1.82) is 0 Å². The summed E-state index contributed by atoms with van der Waals surface area (Å²) in [6.07, 6.45) is 4.33. The average Bonchev–Trinajstić information content (AvgIpc) is 2.48. The van der Waals surface area contributed by atoms with Gasteiger partial charge in [0.1, 0.15) is 0 Å². The Kier molecular flexibility index (Phi) is 5.28. The third-order valence-corrected chi connectivity index (χ3v) is 4.25. The Bertz CT molecular complexity index is 419. The summed E-state index contributed by atoms with van der Waals surface area (Å²) in [6, 6.07) is 8.47. The predicted octanol–water partition coefficient (Wildman–Crippen LogP) is 2.37. The number of amides is 1. The maximum absolute atomic E-state index is 12.4. The van der Waals surface area contributed by atoms with Gasteiger partial charge in [-0.15, -0.1) is 0 Å². The van der Waals surface area contributed by atoms with E-state index >= 15 is 0 Å². The van der Waals surface area contributed by atoms with E-state index in [1.807, 2.05) is 24.1 Å². The summed E-state index contributed by atoms with van der Waals surface area (Å²) in [6.45, 7) is 1.70. The van der Waals surface area contributed by atoms with Gasteiger partial charge in [-0.2, -0.15) is 11.8 Å². The molecule has 1 atom stereocenters. The molecule has 3 nitrogen and oxygen atoms in total. The van der Waals surface area contributed by atoms with Crippen molar-refractivity contribution in [1.82, 2.24) is 10.2 Å². The highest BCUT2D eigenvalue weighted by molar-refractivity contribution is 7.97. The van der Waals surface area contributed by atoms with Gasteiger partial charge in [-0.25, -0.2) is 0 Å². The number of hydrogen-bond acceptors (Lipinski definition) is 3. The maximum atomic E-state index is 12.4. The number of carbonyl (C=O) groups is 1. The highest BCUT2D eigenvalue weighted by Gasteiger charge is 2.23. The number of nitrogens with one attached hydrogen (secondary N) is 1. The van der Waals surface area contributed by atoms with Gasteiger partial charge >= 0.3 is 0 Å². The Labute approximate surface area is 119 Å². The molecule has 1 aromatic rings. The van der Waals surface area contributed by atoms with Gasteiger partial charge in [-0.05, 0) is 43.8 Å². The summed E-state index contributed by atoms with van der Waals surface area (Å²) in [4.78, 5) is 14.4. The largest absolute Gasteiger partial charge is 0.337 e. The van der Waals surface area contributed by atoms with Crippen molar-refractivity contribution in [3.63, 3.8) is 0 Å². The fourth-order valence-electron chi connectivity index (χ4n) is 2.49. The minimum absolute atomic E-state index is 0.163. The lowest BCUT2D eigenvalue weighted by Crippen LogP contribution is -2.46. The minimum Gasteiger partial charge on any atom is -0.337 e. The van der Waals surface area contributed by atoms with Crippen molar-refractivity contribution in [3.8, 4) is 0 Å². The molecule has 1 aliphatic heterocycles. The third kappa shape index (κ3) is 3.74. The fourth-order valence-corrected chi connectivity index (χ4v) is 3.02. The van der Waals surface area contributed by atoms with Crippen LogP contribution in [-0.2, 0) is 5.75 Å². The number of likely N-dealkylation sites (N-methyl/N-ethyl adjacent to an activating group) is 1. The van der Waals surface area contributed by atoms with Gasteiger partial charge in [0.2, 0.25) is 0 Å². The minimum atomic E-state index is 0.163. The zero-order valence-electron chi connectivity index (χ0n) is 11.7. The summed E-state index contributed by atoms with van der Waals surface area (Å²) < 4.78 is 0. The Morgan fingerprint density at radius 3 is 2.79 bits per heavy atom. The molecule has 0 aliphatic carbocycles. The predicted molar refractivity (Wildman–Crippen MR) is 81.6 cm³/mol. The summed E-state index contributed by atoms with van der Waals surface area (Å²) >= 11 is 1.80. The molecular formula is C15H22N2OS. The molecule has 1 aliphatic rings. The lowest BCUT2D eigenvalue weighted by atomic mass is 10.0. The molecular weight excluding hydrogens is 256 g/mol. The van der Waals surface area contributed by atoms with E-state index in [1.54, 1.807) is 11.8 Å². The van der Waals surface area contributed by atoms with Crippen LogP contribution in [0.15, 0.2) is 24.3 Å². The molecule has 1 heterocycles. The molecule has 0 aromatic heterocycles. The molecule has 1 saturated heterocycles. The first-order valence-electron chi connectivity index (χ1n) is 6.79. The van der Waals surface area contributed by atoms with Crippen molar-refractivity contribution in [2.75, 3.05) is 26.4 Å². The fraction of sp³-hybridized carbons (Fsp3) is 0.533. The quantitative estimate of drug-likeness (QED) is 0.918.